The number of carbonyl (C=O) groups excluding carboxylic acids is 1. The zero-order chi connectivity index (χ0) is 14.8. The van der Waals surface area contributed by atoms with Gasteiger partial charge in [-0.15, -0.1) is 0 Å². The summed E-state index contributed by atoms with van der Waals surface area (Å²) in [5.74, 6) is -0.0751. The SMILES string of the molecule is CC(C)COC(=O)OC(C)(P(=O)(O)O)P(=O)(O)O. The van der Waals surface area contributed by atoms with E-state index in [1.165, 1.54) is 0 Å². The molecule has 0 spiro atoms. The Morgan fingerprint density at radius 2 is 1.56 bits per heavy atom. The summed E-state index contributed by atoms with van der Waals surface area (Å²) < 4.78 is 30.7. The van der Waals surface area contributed by atoms with E-state index in [1.807, 2.05) is 0 Å². The molecule has 0 aromatic heterocycles. The molecule has 0 aliphatic heterocycles. The maximum atomic E-state index is 11.1. The highest BCUT2D eigenvalue weighted by molar-refractivity contribution is 7.72. The average Bonchev–Trinajstić information content (AvgIpc) is 2.10. The zero-order valence-corrected chi connectivity index (χ0v) is 11.8. The lowest BCUT2D eigenvalue weighted by Crippen LogP contribution is -2.32. The third kappa shape index (κ3) is 4.35. The molecule has 0 unspecified atom stereocenters. The van der Waals surface area contributed by atoms with Gasteiger partial charge in [-0.1, -0.05) is 13.8 Å². The van der Waals surface area contributed by atoms with Gasteiger partial charge in [-0.3, -0.25) is 9.13 Å². The molecule has 0 radical (unpaired) electrons. The molecule has 0 fully saturated rings. The van der Waals surface area contributed by atoms with Gasteiger partial charge in [0.15, 0.2) is 0 Å². The molecule has 0 aromatic carbocycles. The first-order valence-electron chi connectivity index (χ1n) is 4.78. The monoisotopic (exact) mass is 306 g/mol. The molecular weight excluding hydrogens is 290 g/mol. The van der Waals surface area contributed by atoms with Gasteiger partial charge in [-0.25, -0.2) is 4.79 Å². The lowest BCUT2D eigenvalue weighted by molar-refractivity contribution is 0.0161. The number of ether oxygens (including phenoxy) is 2. The van der Waals surface area contributed by atoms with Crippen molar-refractivity contribution in [3.63, 3.8) is 0 Å². The van der Waals surface area contributed by atoms with E-state index in [0.29, 0.717) is 6.92 Å². The van der Waals surface area contributed by atoms with Crippen LogP contribution in [-0.4, -0.2) is 37.4 Å². The Labute approximate surface area is 103 Å². The van der Waals surface area contributed by atoms with Gasteiger partial charge in [0.1, 0.15) is 0 Å². The van der Waals surface area contributed by atoms with Crippen LogP contribution in [0.25, 0.3) is 0 Å². The molecule has 0 rings (SSSR count). The van der Waals surface area contributed by atoms with Crippen molar-refractivity contribution in [3.8, 4) is 0 Å². The van der Waals surface area contributed by atoms with Crippen LogP contribution >= 0.6 is 15.2 Å². The van der Waals surface area contributed by atoms with Crippen molar-refractivity contribution < 1.29 is 43.0 Å². The van der Waals surface area contributed by atoms with E-state index in [-0.39, 0.29) is 12.5 Å². The van der Waals surface area contributed by atoms with Gasteiger partial charge >= 0.3 is 26.4 Å². The van der Waals surface area contributed by atoms with Crippen molar-refractivity contribution in [1.82, 2.24) is 0 Å². The quantitative estimate of drug-likeness (QED) is 0.427. The third-order valence-corrected chi connectivity index (χ3v) is 5.80. The summed E-state index contributed by atoms with van der Waals surface area (Å²) in [5.41, 5.74) is 0. The van der Waals surface area contributed by atoms with Crippen molar-refractivity contribution in [2.75, 3.05) is 6.61 Å². The van der Waals surface area contributed by atoms with Crippen molar-refractivity contribution in [2.45, 2.75) is 25.9 Å². The summed E-state index contributed by atoms with van der Waals surface area (Å²) >= 11 is 0. The fourth-order valence-electron chi connectivity index (χ4n) is 0.711. The second kappa shape index (κ2) is 5.69. The van der Waals surface area contributed by atoms with Crippen LogP contribution in [0.5, 0.6) is 0 Å². The van der Waals surface area contributed by atoms with Crippen LogP contribution < -0.4 is 0 Å². The Balaban J connectivity index is 5.02. The van der Waals surface area contributed by atoms with Crippen molar-refractivity contribution in [1.29, 1.82) is 0 Å². The standard InChI is InChI=1S/C7H16O9P2/c1-5(2)4-15-6(8)16-7(3,17(9,10)11)18(12,13)14/h5H,4H2,1-3H3,(H2,9,10,11)(H2,12,13,14). The summed E-state index contributed by atoms with van der Waals surface area (Å²) in [6.45, 7) is 3.72. The van der Waals surface area contributed by atoms with Crippen molar-refractivity contribution in [3.05, 3.63) is 0 Å². The van der Waals surface area contributed by atoms with Crippen LogP contribution in [-0.2, 0) is 18.6 Å². The van der Waals surface area contributed by atoms with Crippen molar-refractivity contribution >= 4 is 21.3 Å². The molecule has 18 heavy (non-hydrogen) atoms. The van der Waals surface area contributed by atoms with Gasteiger partial charge in [0, 0.05) is 0 Å². The smallest absolute Gasteiger partial charge is 0.434 e. The van der Waals surface area contributed by atoms with E-state index in [1.54, 1.807) is 13.8 Å². The number of hydrogen-bond acceptors (Lipinski definition) is 5. The summed E-state index contributed by atoms with van der Waals surface area (Å²) in [5, 5.41) is -3.26. The fraction of sp³-hybridized carbons (Fsp3) is 0.857. The molecule has 0 saturated carbocycles. The fourth-order valence-corrected chi connectivity index (χ4v) is 2.46. The summed E-state index contributed by atoms with van der Waals surface area (Å²) in [7, 11) is -10.8. The molecule has 11 heteroatoms. The summed E-state index contributed by atoms with van der Waals surface area (Å²) in [4.78, 5) is 46.7. The lowest BCUT2D eigenvalue weighted by Gasteiger charge is -2.29. The van der Waals surface area contributed by atoms with E-state index in [9.17, 15) is 13.9 Å². The van der Waals surface area contributed by atoms with Crippen LogP contribution in [0, 0.1) is 5.92 Å². The van der Waals surface area contributed by atoms with Crippen LogP contribution in [0.15, 0.2) is 0 Å². The molecule has 0 saturated heterocycles. The Morgan fingerprint density at radius 1 is 1.17 bits per heavy atom. The highest BCUT2D eigenvalue weighted by atomic mass is 31.2. The first-order valence-corrected chi connectivity index (χ1v) is 8.01. The topological polar surface area (TPSA) is 151 Å². The molecule has 0 heterocycles. The molecule has 0 aromatic rings. The first kappa shape index (κ1) is 17.6. The second-order valence-corrected chi connectivity index (χ2v) is 8.31. The Kier molecular flexibility index (Phi) is 5.55. The first-order chi connectivity index (χ1) is 7.81. The van der Waals surface area contributed by atoms with Gasteiger partial charge < -0.3 is 29.0 Å². The minimum Gasteiger partial charge on any atom is -0.434 e. The molecule has 0 atom stereocenters. The highest BCUT2D eigenvalue weighted by Crippen LogP contribution is 2.69. The largest absolute Gasteiger partial charge is 0.510 e. The van der Waals surface area contributed by atoms with Crippen LogP contribution in [0.3, 0.4) is 0 Å². The molecule has 0 aliphatic carbocycles. The molecule has 9 nitrogen and oxygen atoms in total. The van der Waals surface area contributed by atoms with E-state index in [4.69, 9.17) is 19.6 Å². The predicted octanol–water partition coefficient (Wildman–Crippen LogP) is 0.825. The average molecular weight is 306 g/mol. The second-order valence-electron chi connectivity index (χ2n) is 4.08. The van der Waals surface area contributed by atoms with Crippen LogP contribution in [0.1, 0.15) is 20.8 Å². The van der Waals surface area contributed by atoms with Crippen LogP contribution in [0.4, 0.5) is 4.79 Å². The van der Waals surface area contributed by atoms with Gasteiger partial charge in [0.05, 0.1) is 6.61 Å². The van der Waals surface area contributed by atoms with E-state index in [0.717, 1.165) is 0 Å². The molecule has 0 amide bonds. The molecule has 0 aliphatic rings. The van der Waals surface area contributed by atoms with Gasteiger partial charge in [0.2, 0.25) is 0 Å². The van der Waals surface area contributed by atoms with Gasteiger partial charge in [0.25, 0.3) is 0 Å². The minimum absolute atomic E-state index is 0.0751. The number of rotatable bonds is 5. The zero-order valence-electron chi connectivity index (χ0n) is 10.0. The molecule has 108 valence electrons. The lowest BCUT2D eigenvalue weighted by atomic mass is 10.2. The maximum absolute atomic E-state index is 11.1. The van der Waals surface area contributed by atoms with Crippen LogP contribution in [0.2, 0.25) is 0 Å². The summed E-state index contributed by atoms with van der Waals surface area (Å²) in [6.07, 6.45) is -1.56. The number of hydrogen-bond donors (Lipinski definition) is 4. The normalized spacial score (nSPS) is 13.6. The van der Waals surface area contributed by atoms with E-state index < -0.39 is 26.4 Å². The Morgan fingerprint density at radius 3 is 1.83 bits per heavy atom. The van der Waals surface area contributed by atoms with Crippen molar-refractivity contribution in [2.24, 2.45) is 5.92 Å². The van der Waals surface area contributed by atoms with Gasteiger partial charge in [-0.2, -0.15) is 0 Å². The van der Waals surface area contributed by atoms with E-state index >= 15 is 0 Å². The maximum Gasteiger partial charge on any atom is 0.510 e. The number of carbonyl (C=O) groups is 1. The predicted molar refractivity (Wildman–Crippen MR) is 59.8 cm³/mol. The van der Waals surface area contributed by atoms with Gasteiger partial charge in [-0.05, 0) is 12.8 Å². The molecule has 4 N–H and O–H groups in total. The minimum atomic E-state index is -5.40. The Bertz CT molecular complexity index is 370. The Hall–Kier alpha value is -0.430. The summed E-state index contributed by atoms with van der Waals surface area (Å²) in [6, 6.07) is 0. The third-order valence-electron chi connectivity index (χ3n) is 1.89. The molecule has 0 bridgehead atoms. The van der Waals surface area contributed by atoms with E-state index in [2.05, 4.69) is 9.47 Å². The molecular formula is C7H16O9P2. The highest BCUT2D eigenvalue weighted by Gasteiger charge is 2.60.